The van der Waals surface area contributed by atoms with Gasteiger partial charge >= 0.3 is 6.01 Å². The molecular weight excluding hydrogens is 398 g/mol. The van der Waals surface area contributed by atoms with Crippen molar-refractivity contribution >= 4 is 22.4 Å². The van der Waals surface area contributed by atoms with Crippen molar-refractivity contribution in [2.24, 2.45) is 0 Å². The number of benzene rings is 1. The number of hydrogen-bond acceptors (Lipinski definition) is 7. The monoisotopic (exact) mass is 419 g/mol. The quantitative estimate of drug-likeness (QED) is 0.490. The lowest BCUT2D eigenvalue weighted by atomic mass is 10.2. The number of ether oxygens (including phenoxy) is 2. The number of methoxy groups -OCH3 is 2. The fraction of sp³-hybridized carbons (Fsp3) is 0.318. The van der Waals surface area contributed by atoms with Gasteiger partial charge in [-0.25, -0.2) is 9.97 Å². The summed E-state index contributed by atoms with van der Waals surface area (Å²) in [4.78, 5) is 40.0. The van der Waals surface area contributed by atoms with E-state index in [4.69, 9.17) is 14.5 Å². The van der Waals surface area contributed by atoms with Crippen LogP contribution in [0.5, 0.6) is 11.9 Å². The van der Waals surface area contributed by atoms with E-state index in [1.165, 1.54) is 14.2 Å². The molecule has 3 heterocycles. The van der Waals surface area contributed by atoms with E-state index in [1.807, 2.05) is 31.4 Å². The zero-order chi connectivity index (χ0) is 22.0. The molecule has 31 heavy (non-hydrogen) atoms. The first-order valence-corrected chi connectivity index (χ1v) is 9.97. The van der Waals surface area contributed by atoms with Crippen LogP contribution in [-0.2, 0) is 0 Å². The smallest absolute Gasteiger partial charge is 0.319 e. The van der Waals surface area contributed by atoms with Crippen molar-refractivity contribution in [3.8, 4) is 23.3 Å². The molecule has 0 bridgehead atoms. The van der Waals surface area contributed by atoms with Crippen LogP contribution in [0.25, 0.3) is 22.2 Å². The van der Waals surface area contributed by atoms with E-state index in [1.54, 1.807) is 23.2 Å². The Bertz CT molecular complexity index is 1360. The number of rotatable bonds is 5. The molecule has 4 aromatic rings. The molecule has 0 N–H and O–H groups in total. The highest BCUT2D eigenvalue weighted by molar-refractivity contribution is 6.11. The van der Waals surface area contributed by atoms with Gasteiger partial charge in [0.1, 0.15) is 5.82 Å². The topological polar surface area (TPSA) is 99.4 Å². The van der Waals surface area contributed by atoms with Crippen molar-refractivity contribution in [2.75, 3.05) is 19.1 Å². The minimum atomic E-state index is -0.261. The maximum Gasteiger partial charge on any atom is 0.319 e. The van der Waals surface area contributed by atoms with Crippen LogP contribution in [0.1, 0.15) is 49.0 Å². The zero-order valence-electron chi connectivity index (χ0n) is 17.8. The van der Waals surface area contributed by atoms with Gasteiger partial charge in [-0.2, -0.15) is 4.98 Å². The Morgan fingerprint density at radius 3 is 2.48 bits per heavy atom. The SMILES string of the molecule is COc1ncc(-c2nc3c(n2C(C)C)C(C)N(c2ccc4c(=O)c4c2)C3=O)c(OC)n1. The van der Waals surface area contributed by atoms with Gasteiger partial charge in [0.2, 0.25) is 5.88 Å². The third kappa shape index (κ3) is 2.66. The number of fused-ring (bicyclic) bond motifs is 2. The summed E-state index contributed by atoms with van der Waals surface area (Å²) in [6.45, 7) is 6.02. The number of imidazole rings is 1. The second kappa shape index (κ2) is 6.63. The van der Waals surface area contributed by atoms with E-state index in [9.17, 15) is 9.59 Å². The Morgan fingerprint density at radius 2 is 1.84 bits per heavy atom. The van der Waals surface area contributed by atoms with Gasteiger partial charge in [0.05, 0.1) is 31.5 Å². The molecule has 2 aromatic heterocycles. The molecule has 0 aliphatic carbocycles. The van der Waals surface area contributed by atoms with Crippen LogP contribution in [0.4, 0.5) is 5.69 Å². The van der Waals surface area contributed by atoms with Crippen LogP contribution in [0.2, 0.25) is 0 Å². The normalized spacial score (nSPS) is 16.0. The number of hydrogen-bond donors (Lipinski definition) is 0. The third-order valence-electron chi connectivity index (χ3n) is 5.73. The first-order valence-electron chi connectivity index (χ1n) is 9.97. The molecule has 1 aliphatic heterocycles. The van der Waals surface area contributed by atoms with Crippen LogP contribution < -0.4 is 19.8 Å². The molecule has 1 unspecified atom stereocenters. The number of amides is 1. The highest BCUT2D eigenvalue weighted by Gasteiger charge is 2.42. The summed E-state index contributed by atoms with van der Waals surface area (Å²) in [7, 11) is 3.00. The van der Waals surface area contributed by atoms with Gasteiger partial charge in [0, 0.05) is 28.7 Å². The number of anilines is 1. The fourth-order valence-corrected chi connectivity index (χ4v) is 4.25. The summed E-state index contributed by atoms with van der Waals surface area (Å²) in [5.74, 6) is 0.679. The Balaban J connectivity index is 1.64. The highest BCUT2D eigenvalue weighted by Crippen LogP contribution is 2.42. The molecule has 9 heteroatoms. The second-order valence-electron chi connectivity index (χ2n) is 7.82. The average molecular weight is 419 g/mol. The van der Waals surface area contributed by atoms with Crippen LogP contribution in [0, 0.1) is 0 Å². The minimum absolute atomic E-state index is 0.0171. The lowest BCUT2D eigenvalue weighted by molar-refractivity contribution is 0.0988. The van der Waals surface area contributed by atoms with Crippen molar-refractivity contribution in [1.29, 1.82) is 0 Å². The molecule has 5 rings (SSSR count). The fourth-order valence-electron chi connectivity index (χ4n) is 4.25. The number of aromatic nitrogens is 4. The molecule has 0 spiro atoms. The number of carbonyl (C=O) groups is 1. The molecule has 0 saturated heterocycles. The maximum atomic E-state index is 13.4. The molecule has 2 aromatic carbocycles. The predicted molar refractivity (Wildman–Crippen MR) is 115 cm³/mol. The van der Waals surface area contributed by atoms with Crippen molar-refractivity contribution < 1.29 is 14.3 Å². The molecule has 1 amide bonds. The number of nitrogens with zero attached hydrogens (tertiary/aromatic N) is 5. The maximum absolute atomic E-state index is 13.4. The van der Waals surface area contributed by atoms with Crippen LogP contribution in [-0.4, -0.2) is 39.6 Å². The molecule has 0 saturated carbocycles. The lowest BCUT2D eigenvalue weighted by Gasteiger charge is -2.25. The zero-order valence-corrected chi connectivity index (χ0v) is 17.8. The summed E-state index contributed by atoms with van der Waals surface area (Å²) in [5, 5.41) is 1.40. The first kappa shape index (κ1) is 19.2. The Labute approximate surface area is 177 Å². The average Bonchev–Trinajstić information content (AvgIpc) is 3.14. The van der Waals surface area contributed by atoms with Crippen molar-refractivity contribution in [1.82, 2.24) is 19.5 Å². The molecular formula is C22H21N5O4. The molecule has 0 radical (unpaired) electrons. The van der Waals surface area contributed by atoms with E-state index in [0.717, 1.165) is 11.1 Å². The van der Waals surface area contributed by atoms with Crippen LogP contribution >= 0.6 is 0 Å². The second-order valence-corrected chi connectivity index (χ2v) is 7.82. The molecule has 1 aliphatic rings. The summed E-state index contributed by atoms with van der Waals surface area (Å²) >= 11 is 0. The largest absolute Gasteiger partial charge is 0.480 e. The summed E-state index contributed by atoms with van der Waals surface area (Å²) in [6, 6.07) is 5.30. The van der Waals surface area contributed by atoms with Gasteiger partial charge in [-0.1, -0.05) is 0 Å². The van der Waals surface area contributed by atoms with E-state index in [0.29, 0.717) is 34.0 Å². The van der Waals surface area contributed by atoms with Crippen molar-refractivity contribution in [2.45, 2.75) is 32.9 Å². The van der Waals surface area contributed by atoms with Gasteiger partial charge < -0.3 is 14.0 Å². The predicted octanol–water partition coefficient (Wildman–Crippen LogP) is 3.05. The summed E-state index contributed by atoms with van der Waals surface area (Å²) < 4.78 is 12.5. The number of carbonyl (C=O) groups excluding carboxylic acids is 1. The van der Waals surface area contributed by atoms with Crippen molar-refractivity contribution in [3.05, 3.63) is 46.0 Å². The van der Waals surface area contributed by atoms with Gasteiger partial charge in [0.15, 0.2) is 11.1 Å². The third-order valence-corrected chi connectivity index (χ3v) is 5.73. The van der Waals surface area contributed by atoms with Gasteiger partial charge in [0.25, 0.3) is 5.91 Å². The van der Waals surface area contributed by atoms with Crippen molar-refractivity contribution in [3.63, 3.8) is 0 Å². The highest BCUT2D eigenvalue weighted by atomic mass is 16.5. The lowest BCUT2D eigenvalue weighted by Crippen LogP contribution is -2.27. The van der Waals surface area contributed by atoms with Gasteiger partial charge in [-0.3, -0.25) is 14.5 Å². The summed E-state index contributed by atoms with van der Waals surface area (Å²) in [5.41, 5.74) is 2.51. The Hall–Kier alpha value is -3.75. The minimum Gasteiger partial charge on any atom is -0.480 e. The van der Waals surface area contributed by atoms with E-state index in [-0.39, 0.29) is 29.4 Å². The van der Waals surface area contributed by atoms with Gasteiger partial charge in [-0.15, -0.1) is 0 Å². The standard InChI is InChI=1S/C22H21N5O4/c1-10(2)26-17-11(3)27(12-6-7-13-14(8-12)18(13)28)21(29)16(17)24-19(26)15-9-23-22(31-5)25-20(15)30-4/h6-11H,1-5H3. The summed E-state index contributed by atoms with van der Waals surface area (Å²) in [6.07, 6.45) is 1.59. The molecule has 158 valence electrons. The molecule has 1 atom stereocenters. The molecule has 0 fully saturated rings. The van der Waals surface area contributed by atoms with Crippen LogP contribution in [0.3, 0.4) is 0 Å². The van der Waals surface area contributed by atoms with E-state index < -0.39 is 0 Å². The van der Waals surface area contributed by atoms with Gasteiger partial charge in [-0.05, 0) is 39.0 Å². The van der Waals surface area contributed by atoms with Crippen LogP contribution in [0.15, 0.2) is 29.2 Å². The Morgan fingerprint density at radius 1 is 1.06 bits per heavy atom. The van der Waals surface area contributed by atoms with E-state index in [2.05, 4.69) is 9.97 Å². The first-order chi connectivity index (χ1) is 14.9. The molecule has 9 nitrogen and oxygen atoms in total. The van der Waals surface area contributed by atoms with E-state index >= 15 is 0 Å². The Kier molecular flexibility index (Phi) is 4.11.